The Morgan fingerprint density at radius 1 is 1.35 bits per heavy atom. The van der Waals surface area contributed by atoms with E-state index in [1.807, 2.05) is 0 Å². The van der Waals surface area contributed by atoms with E-state index in [2.05, 4.69) is 36.5 Å². The van der Waals surface area contributed by atoms with Crippen LogP contribution in [0.4, 0.5) is 0 Å². The molecule has 3 rings (SSSR count). The Bertz CT molecular complexity index is 453. The van der Waals surface area contributed by atoms with Crippen molar-refractivity contribution in [2.45, 2.75) is 44.3 Å². The SMILES string of the molecule is Cc1cccc(C2=NC3CCC(N)CC3N2)c1. The molecule has 3 heteroatoms. The van der Waals surface area contributed by atoms with Gasteiger partial charge in [-0.05, 0) is 32.3 Å². The smallest absolute Gasteiger partial charge is 0.128 e. The van der Waals surface area contributed by atoms with Crippen LogP contribution >= 0.6 is 0 Å². The molecule has 1 aromatic rings. The number of nitrogens with one attached hydrogen (secondary N) is 1. The fourth-order valence-electron chi connectivity index (χ4n) is 2.83. The first-order chi connectivity index (χ1) is 8.22. The molecule has 0 bridgehead atoms. The number of hydrogen-bond acceptors (Lipinski definition) is 3. The third kappa shape index (κ3) is 2.07. The van der Waals surface area contributed by atoms with E-state index < -0.39 is 0 Å². The van der Waals surface area contributed by atoms with Gasteiger partial charge in [-0.3, -0.25) is 4.99 Å². The van der Waals surface area contributed by atoms with Gasteiger partial charge in [0, 0.05) is 11.6 Å². The van der Waals surface area contributed by atoms with E-state index in [4.69, 9.17) is 10.7 Å². The number of amidine groups is 1. The highest BCUT2D eigenvalue weighted by Crippen LogP contribution is 2.25. The number of rotatable bonds is 1. The van der Waals surface area contributed by atoms with E-state index in [1.54, 1.807) is 0 Å². The Morgan fingerprint density at radius 3 is 3.06 bits per heavy atom. The highest BCUT2D eigenvalue weighted by atomic mass is 15.1. The molecule has 0 radical (unpaired) electrons. The lowest BCUT2D eigenvalue weighted by atomic mass is 9.88. The van der Waals surface area contributed by atoms with Crippen LogP contribution in [0.3, 0.4) is 0 Å². The van der Waals surface area contributed by atoms with Crippen LogP contribution in [-0.4, -0.2) is 24.0 Å². The van der Waals surface area contributed by atoms with Gasteiger partial charge in [0.05, 0.1) is 12.1 Å². The van der Waals surface area contributed by atoms with Crippen molar-refractivity contribution in [2.75, 3.05) is 0 Å². The first kappa shape index (κ1) is 10.8. The molecule has 17 heavy (non-hydrogen) atoms. The Labute approximate surface area is 102 Å². The molecule has 1 saturated carbocycles. The normalized spacial score (nSPS) is 31.6. The van der Waals surface area contributed by atoms with Crippen LogP contribution in [-0.2, 0) is 0 Å². The van der Waals surface area contributed by atoms with Crippen molar-refractivity contribution < 1.29 is 0 Å². The maximum Gasteiger partial charge on any atom is 0.128 e. The van der Waals surface area contributed by atoms with Gasteiger partial charge < -0.3 is 11.1 Å². The van der Waals surface area contributed by atoms with Crippen molar-refractivity contribution in [3.05, 3.63) is 35.4 Å². The minimum atomic E-state index is 0.343. The summed E-state index contributed by atoms with van der Waals surface area (Å²) in [7, 11) is 0. The van der Waals surface area contributed by atoms with Gasteiger partial charge >= 0.3 is 0 Å². The van der Waals surface area contributed by atoms with Gasteiger partial charge in [0.2, 0.25) is 0 Å². The number of hydrogen-bond donors (Lipinski definition) is 2. The molecule has 3 N–H and O–H groups in total. The summed E-state index contributed by atoms with van der Waals surface area (Å²) in [6.45, 7) is 2.11. The number of nitrogens with zero attached hydrogens (tertiary/aromatic N) is 1. The average Bonchev–Trinajstić information content (AvgIpc) is 2.72. The minimum Gasteiger partial charge on any atom is -0.365 e. The third-order valence-electron chi connectivity index (χ3n) is 3.76. The summed E-state index contributed by atoms with van der Waals surface area (Å²) >= 11 is 0. The Hall–Kier alpha value is -1.35. The average molecular weight is 229 g/mol. The maximum absolute atomic E-state index is 6.01. The van der Waals surface area contributed by atoms with Gasteiger partial charge in [-0.15, -0.1) is 0 Å². The quantitative estimate of drug-likeness (QED) is 0.768. The first-order valence-corrected chi connectivity index (χ1v) is 6.39. The molecule has 0 aromatic heterocycles. The van der Waals surface area contributed by atoms with E-state index in [9.17, 15) is 0 Å². The van der Waals surface area contributed by atoms with Crippen molar-refractivity contribution in [3.8, 4) is 0 Å². The van der Waals surface area contributed by atoms with Crippen molar-refractivity contribution in [1.29, 1.82) is 0 Å². The van der Waals surface area contributed by atoms with Gasteiger partial charge in [-0.25, -0.2) is 0 Å². The molecule has 0 spiro atoms. The third-order valence-corrected chi connectivity index (χ3v) is 3.76. The number of aryl methyl sites for hydroxylation is 1. The van der Waals surface area contributed by atoms with Gasteiger partial charge in [-0.1, -0.05) is 23.8 Å². The summed E-state index contributed by atoms with van der Waals surface area (Å²) in [5, 5.41) is 3.54. The lowest BCUT2D eigenvalue weighted by molar-refractivity contribution is 0.347. The van der Waals surface area contributed by atoms with Crippen molar-refractivity contribution in [3.63, 3.8) is 0 Å². The summed E-state index contributed by atoms with van der Waals surface area (Å²) < 4.78 is 0. The second-order valence-corrected chi connectivity index (χ2v) is 5.24. The summed E-state index contributed by atoms with van der Waals surface area (Å²) in [5.41, 5.74) is 8.49. The van der Waals surface area contributed by atoms with E-state index in [0.29, 0.717) is 18.1 Å². The van der Waals surface area contributed by atoms with Crippen molar-refractivity contribution in [1.82, 2.24) is 5.32 Å². The number of benzene rings is 1. The summed E-state index contributed by atoms with van der Waals surface area (Å²) in [5.74, 6) is 1.05. The molecule has 1 aliphatic carbocycles. The molecule has 1 aromatic carbocycles. The van der Waals surface area contributed by atoms with Gasteiger partial charge in [-0.2, -0.15) is 0 Å². The molecule has 0 saturated heterocycles. The Morgan fingerprint density at radius 2 is 2.24 bits per heavy atom. The van der Waals surface area contributed by atoms with E-state index in [1.165, 1.54) is 11.1 Å². The molecule has 90 valence electrons. The molecule has 0 amide bonds. The zero-order chi connectivity index (χ0) is 11.8. The second-order valence-electron chi connectivity index (χ2n) is 5.24. The topological polar surface area (TPSA) is 50.4 Å². The zero-order valence-electron chi connectivity index (χ0n) is 10.2. The van der Waals surface area contributed by atoms with Crippen LogP contribution in [0.1, 0.15) is 30.4 Å². The monoisotopic (exact) mass is 229 g/mol. The molecular weight excluding hydrogens is 210 g/mol. The second kappa shape index (κ2) is 4.15. The molecule has 3 unspecified atom stereocenters. The highest BCUT2D eigenvalue weighted by molar-refractivity contribution is 6.00. The lowest BCUT2D eigenvalue weighted by Gasteiger charge is -2.28. The van der Waals surface area contributed by atoms with Crippen LogP contribution in [0.2, 0.25) is 0 Å². The minimum absolute atomic E-state index is 0.343. The predicted molar refractivity (Wildman–Crippen MR) is 70.3 cm³/mol. The largest absolute Gasteiger partial charge is 0.365 e. The highest BCUT2D eigenvalue weighted by Gasteiger charge is 2.33. The number of fused-ring (bicyclic) bond motifs is 1. The van der Waals surface area contributed by atoms with Crippen LogP contribution in [0.15, 0.2) is 29.3 Å². The number of nitrogens with two attached hydrogens (primary N) is 1. The van der Waals surface area contributed by atoms with Crippen molar-refractivity contribution >= 4 is 5.84 Å². The summed E-state index contributed by atoms with van der Waals surface area (Å²) in [6, 6.07) is 9.74. The fourth-order valence-corrected chi connectivity index (χ4v) is 2.83. The Balaban J connectivity index is 1.82. The Kier molecular flexibility index (Phi) is 2.63. The zero-order valence-corrected chi connectivity index (χ0v) is 10.2. The predicted octanol–water partition coefficient (Wildman–Crippen LogP) is 1.59. The van der Waals surface area contributed by atoms with Gasteiger partial charge in [0.1, 0.15) is 5.84 Å². The first-order valence-electron chi connectivity index (χ1n) is 6.39. The molecule has 1 fully saturated rings. The summed E-state index contributed by atoms with van der Waals surface area (Å²) in [4.78, 5) is 4.81. The van der Waals surface area contributed by atoms with Crippen molar-refractivity contribution in [2.24, 2.45) is 10.7 Å². The van der Waals surface area contributed by atoms with E-state index in [-0.39, 0.29) is 0 Å². The van der Waals surface area contributed by atoms with Crippen LogP contribution in [0, 0.1) is 6.92 Å². The van der Waals surface area contributed by atoms with Gasteiger partial charge in [0.15, 0.2) is 0 Å². The molecule has 3 nitrogen and oxygen atoms in total. The molecule has 3 atom stereocenters. The lowest BCUT2D eigenvalue weighted by Crippen LogP contribution is -2.44. The van der Waals surface area contributed by atoms with Crippen LogP contribution in [0.5, 0.6) is 0 Å². The maximum atomic E-state index is 6.01. The molecule has 1 aliphatic heterocycles. The van der Waals surface area contributed by atoms with Crippen LogP contribution < -0.4 is 11.1 Å². The summed E-state index contributed by atoms with van der Waals surface area (Å²) in [6.07, 6.45) is 3.27. The van der Waals surface area contributed by atoms with E-state index >= 15 is 0 Å². The fraction of sp³-hybridized carbons (Fsp3) is 0.500. The standard InChI is InChI=1S/C14H19N3/c1-9-3-2-4-10(7-9)14-16-12-6-5-11(15)8-13(12)17-14/h2-4,7,11-13H,5-6,8,15H2,1H3,(H,16,17). The van der Waals surface area contributed by atoms with E-state index in [0.717, 1.165) is 25.1 Å². The molecule has 2 aliphatic rings. The molecule has 1 heterocycles. The van der Waals surface area contributed by atoms with Gasteiger partial charge in [0.25, 0.3) is 0 Å². The molecular formula is C14H19N3. The van der Waals surface area contributed by atoms with Crippen LogP contribution in [0.25, 0.3) is 0 Å². The number of aliphatic imine (C=N–C) groups is 1.